The number of ketones is 1. The Hall–Kier alpha value is -1.68. The summed E-state index contributed by atoms with van der Waals surface area (Å²) in [6, 6.07) is 10.5. The molecule has 0 amide bonds. The number of hydrogen-bond donors (Lipinski definition) is 1. The van der Waals surface area contributed by atoms with Crippen LogP contribution >= 0.6 is 18.6 Å². The van der Waals surface area contributed by atoms with E-state index in [4.69, 9.17) is 0 Å². The zero-order chi connectivity index (χ0) is 26.5. The number of anilines is 1. The fraction of sp³-hybridized carbons (Fsp3) is 0.400. The quantitative estimate of drug-likeness (QED) is 0.280. The number of pyridine rings is 1. The van der Waals surface area contributed by atoms with Crippen molar-refractivity contribution in [3.63, 3.8) is 0 Å². The number of carbonyl (C=O) groups excluding carboxylic acids is 1. The van der Waals surface area contributed by atoms with E-state index in [1.165, 1.54) is 52.7 Å². The van der Waals surface area contributed by atoms with Crippen LogP contribution in [0.2, 0.25) is 0 Å². The summed E-state index contributed by atoms with van der Waals surface area (Å²) >= 11 is 2.96. The van der Waals surface area contributed by atoms with Gasteiger partial charge >= 0.3 is 40.8 Å². The fourth-order valence-electron chi connectivity index (χ4n) is 4.55. The van der Waals surface area contributed by atoms with Gasteiger partial charge in [0.05, 0.1) is 5.52 Å². The van der Waals surface area contributed by atoms with Gasteiger partial charge in [0.15, 0.2) is 0 Å². The van der Waals surface area contributed by atoms with Gasteiger partial charge in [0, 0.05) is 42.4 Å². The van der Waals surface area contributed by atoms with Crippen LogP contribution in [0.3, 0.4) is 0 Å². The number of alkyl halides is 1. The van der Waals surface area contributed by atoms with E-state index in [-0.39, 0.29) is 5.78 Å². The van der Waals surface area contributed by atoms with Crippen LogP contribution in [0.1, 0.15) is 68.1 Å². The van der Waals surface area contributed by atoms with Crippen LogP contribution in [-0.4, -0.2) is 27.3 Å². The molecule has 2 heterocycles. The Balaban J connectivity index is 0.000000237. The molecule has 36 heavy (non-hydrogen) atoms. The van der Waals surface area contributed by atoms with Gasteiger partial charge in [-0.15, -0.1) is 0 Å². The molecule has 196 valence electrons. The van der Waals surface area contributed by atoms with E-state index >= 15 is 0 Å². The molecule has 1 aromatic carbocycles. The molecule has 1 N–H and O–H groups in total. The van der Waals surface area contributed by atoms with Gasteiger partial charge in [-0.1, -0.05) is 37.8 Å². The van der Waals surface area contributed by atoms with Crippen molar-refractivity contribution in [1.82, 2.24) is 9.55 Å². The van der Waals surface area contributed by atoms with Crippen molar-refractivity contribution in [2.75, 3.05) is 17.3 Å². The molecule has 4 rings (SSSR count). The van der Waals surface area contributed by atoms with Gasteiger partial charge in [0.25, 0.3) is 0 Å². The Bertz CT molecular complexity index is 1140. The van der Waals surface area contributed by atoms with Gasteiger partial charge in [-0.2, -0.15) is 0 Å². The summed E-state index contributed by atoms with van der Waals surface area (Å²) in [6.45, 7) is 10.9. The van der Waals surface area contributed by atoms with Gasteiger partial charge in [0.1, 0.15) is 11.6 Å². The van der Waals surface area contributed by atoms with Crippen LogP contribution in [0.15, 0.2) is 43.0 Å². The molecule has 2 aromatic heterocycles. The van der Waals surface area contributed by atoms with Crippen molar-refractivity contribution in [1.29, 1.82) is 0 Å². The molecular formula is C30H40I2N3O-. The summed E-state index contributed by atoms with van der Waals surface area (Å²) < 4.78 is 2.39. The molecule has 0 saturated heterocycles. The van der Waals surface area contributed by atoms with Crippen molar-refractivity contribution >= 4 is 53.3 Å². The second kappa shape index (κ2) is 16.2. The van der Waals surface area contributed by atoms with Crippen molar-refractivity contribution in [2.24, 2.45) is 0 Å². The normalized spacial score (nSPS) is 12.4. The van der Waals surface area contributed by atoms with Crippen molar-refractivity contribution in [2.45, 2.75) is 65.8 Å². The Morgan fingerprint density at radius 1 is 1.22 bits per heavy atom. The van der Waals surface area contributed by atoms with Crippen LogP contribution in [-0.2, 0) is 30.6 Å². The predicted octanol–water partition coefficient (Wildman–Crippen LogP) is 4.92. The molecule has 0 atom stereocenters. The molecule has 0 fully saturated rings. The van der Waals surface area contributed by atoms with Gasteiger partial charge in [-0.25, -0.2) is 4.98 Å². The second-order valence-corrected chi connectivity index (χ2v) is 14.9. The van der Waals surface area contributed by atoms with Crippen LogP contribution in [0.5, 0.6) is 0 Å². The van der Waals surface area contributed by atoms with Crippen molar-refractivity contribution in [3.05, 3.63) is 71.1 Å². The Morgan fingerprint density at radius 3 is 2.53 bits per heavy atom. The topological polar surface area (TPSA) is 46.9 Å². The van der Waals surface area contributed by atoms with E-state index in [0.29, 0.717) is 23.7 Å². The summed E-state index contributed by atoms with van der Waals surface area (Å²) in [6.07, 6.45) is 12.5. The van der Waals surface area contributed by atoms with Crippen LogP contribution in [0, 0.1) is 0 Å². The Morgan fingerprint density at radius 2 is 1.92 bits per heavy atom. The first-order chi connectivity index (χ1) is 17.4. The number of hydrogen-bond acceptors (Lipinski definition) is 3. The number of allylic oxidation sites excluding steroid dienone is 1. The SMILES string of the molecule is C=Cc1c2c(n(CC)c1/C=C\CC(C)=O)CCCC2.CCc1ccc2ccc(NC)nc2c1.C[I-]I. The third-order valence-corrected chi connectivity index (χ3v) is 6.28. The molecule has 1 aliphatic rings. The van der Waals surface area contributed by atoms with Crippen molar-refractivity contribution in [3.8, 4) is 0 Å². The summed E-state index contributed by atoms with van der Waals surface area (Å²) in [5.41, 5.74) is 7.85. The number of rotatable bonds is 7. The summed E-state index contributed by atoms with van der Waals surface area (Å²) in [5, 5.41) is 4.24. The molecule has 0 unspecified atom stereocenters. The van der Waals surface area contributed by atoms with Gasteiger partial charge < -0.3 is 9.88 Å². The number of halogens is 2. The van der Waals surface area contributed by atoms with Gasteiger partial charge in [0.2, 0.25) is 0 Å². The maximum atomic E-state index is 11.1. The van der Waals surface area contributed by atoms with E-state index in [2.05, 4.69) is 89.2 Å². The first-order valence-corrected chi connectivity index (χ1v) is 21.1. The third kappa shape index (κ3) is 8.43. The molecule has 4 nitrogen and oxygen atoms in total. The fourth-order valence-corrected chi connectivity index (χ4v) is 4.55. The van der Waals surface area contributed by atoms with Crippen LogP contribution in [0.4, 0.5) is 5.82 Å². The van der Waals surface area contributed by atoms with E-state index < -0.39 is 0 Å². The maximum absolute atomic E-state index is 11.1. The number of aryl methyl sites for hydroxylation is 1. The number of Topliss-reactive ketones (excluding diaryl/α,β-unsaturated/α-hetero) is 1. The number of carbonyl (C=O) groups is 1. The first kappa shape index (κ1) is 30.5. The molecule has 0 bridgehead atoms. The molecule has 1 aliphatic carbocycles. The molecule has 0 spiro atoms. The molecule has 3 aromatic rings. The molecule has 0 radical (unpaired) electrons. The number of aromatic nitrogens is 2. The predicted molar refractivity (Wildman–Crippen MR) is 162 cm³/mol. The van der Waals surface area contributed by atoms with Crippen LogP contribution < -0.4 is 22.5 Å². The molecule has 0 aliphatic heterocycles. The molecule has 0 saturated carbocycles. The van der Waals surface area contributed by atoms with Crippen LogP contribution in [0.25, 0.3) is 23.1 Å². The number of nitrogens with zero attached hydrogens (tertiary/aromatic N) is 2. The Kier molecular flexibility index (Phi) is 13.8. The molecular weight excluding hydrogens is 672 g/mol. The zero-order valence-electron chi connectivity index (χ0n) is 22.3. The average Bonchev–Trinajstić information content (AvgIpc) is 3.20. The monoisotopic (exact) mass is 712 g/mol. The third-order valence-electron chi connectivity index (χ3n) is 6.28. The minimum absolute atomic E-state index is 0.204. The van der Waals surface area contributed by atoms with E-state index in [1.54, 1.807) is 6.92 Å². The Labute approximate surface area is 237 Å². The number of benzene rings is 1. The number of fused-ring (bicyclic) bond motifs is 2. The second-order valence-electron chi connectivity index (χ2n) is 8.66. The van der Waals surface area contributed by atoms with E-state index in [1.807, 2.05) is 25.3 Å². The first-order valence-electron chi connectivity index (χ1n) is 12.6. The minimum atomic E-state index is 0.204. The van der Waals surface area contributed by atoms with E-state index in [9.17, 15) is 4.79 Å². The van der Waals surface area contributed by atoms with E-state index in [0.717, 1.165) is 30.7 Å². The summed E-state index contributed by atoms with van der Waals surface area (Å²) in [7, 11) is 1.89. The van der Waals surface area contributed by atoms with Gasteiger partial charge in [-0.05, 0) is 81.4 Å². The summed E-state index contributed by atoms with van der Waals surface area (Å²) in [4.78, 5) is 17.8. The average molecular weight is 712 g/mol. The summed E-state index contributed by atoms with van der Waals surface area (Å²) in [5.74, 6) is 1.13. The standard InChI is InChI=1S/C17H23NO.C12H14N2.CH3I2/c1-4-14-15-10-6-7-11-17(15)18(5-2)16(14)12-8-9-13(3)19;1-3-9-4-5-10-6-7-12(13-2)14-11(10)8-9;1-3-2/h4,8,12H,1,5-7,9-11H2,2-3H3;4-8H,3H2,1-2H3,(H,13,14);1H3/q;;-1/b12-8-;;. The van der Waals surface area contributed by atoms with Gasteiger partial charge in [-0.3, -0.25) is 4.79 Å². The van der Waals surface area contributed by atoms with Crippen molar-refractivity contribution < 1.29 is 22.0 Å². The molecule has 6 heteroatoms. The zero-order valence-corrected chi connectivity index (χ0v) is 26.6. The number of nitrogens with one attached hydrogen (secondary N) is 1.